The van der Waals surface area contributed by atoms with Gasteiger partial charge in [-0.15, -0.1) is 5.10 Å². The summed E-state index contributed by atoms with van der Waals surface area (Å²) in [6.45, 7) is 2.29. The van der Waals surface area contributed by atoms with Gasteiger partial charge in [-0.05, 0) is 30.2 Å². The van der Waals surface area contributed by atoms with Crippen molar-refractivity contribution in [2.75, 3.05) is 5.32 Å². The normalized spacial score (nSPS) is 10.5. The molecule has 0 spiro atoms. The van der Waals surface area contributed by atoms with Crippen molar-refractivity contribution in [3.8, 4) is 5.88 Å². The molecule has 0 radical (unpaired) electrons. The summed E-state index contributed by atoms with van der Waals surface area (Å²) in [5.74, 6) is -0.165. The van der Waals surface area contributed by atoms with Crippen molar-refractivity contribution < 1.29 is 14.3 Å². The third-order valence-corrected chi connectivity index (χ3v) is 4.91. The zero-order valence-corrected chi connectivity index (χ0v) is 17.7. The first-order valence-corrected chi connectivity index (χ1v) is 10.3. The molecule has 4 rings (SSSR count). The first-order chi connectivity index (χ1) is 15.6. The van der Waals surface area contributed by atoms with E-state index in [-0.39, 0.29) is 17.6 Å². The minimum atomic E-state index is -0.354. The number of rotatable bonds is 8. The summed E-state index contributed by atoms with van der Waals surface area (Å²) in [4.78, 5) is 24.7. The Kier molecular flexibility index (Phi) is 6.41. The average molecular weight is 425 g/mol. The Labute approximate surface area is 186 Å². The van der Waals surface area contributed by atoms with E-state index in [2.05, 4.69) is 10.4 Å². The van der Waals surface area contributed by atoms with Crippen LogP contribution in [0.2, 0.25) is 0 Å². The molecule has 0 bridgehead atoms. The van der Waals surface area contributed by atoms with Gasteiger partial charge in [-0.1, -0.05) is 72.8 Å². The van der Waals surface area contributed by atoms with Crippen LogP contribution in [0.15, 0.2) is 91.1 Å². The van der Waals surface area contributed by atoms with Crippen molar-refractivity contribution >= 4 is 17.4 Å². The van der Waals surface area contributed by atoms with Crippen LogP contribution in [0.1, 0.15) is 38.8 Å². The molecule has 6 heteroatoms. The van der Waals surface area contributed by atoms with Crippen molar-refractivity contribution in [3.05, 3.63) is 113 Å². The molecule has 0 unspecified atom stereocenters. The van der Waals surface area contributed by atoms with E-state index < -0.39 is 0 Å². The predicted octanol–water partition coefficient (Wildman–Crippen LogP) is 4.97. The number of Topliss-reactive ketones (excluding diaryl/α,β-unsaturated/α-hetero) is 1. The SMILES string of the molecule is CC(=O)c1cccc(NC(=O)c2cn(Cc3ccccc3)nc2OCc2ccccc2)c1. The summed E-state index contributed by atoms with van der Waals surface area (Å²) < 4.78 is 7.61. The monoisotopic (exact) mass is 425 g/mol. The highest BCUT2D eigenvalue weighted by Crippen LogP contribution is 2.21. The standard InChI is InChI=1S/C26H23N3O3/c1-19(30)22-13-8-14-23(15-22)27-25(31)24-17-29(16-20-9-4-2-5-10-20)28-26(24)32-18-21-11-6-3-7-12-21/h2-15,17H,16,18H2,1H3,(H,27,31). The van der Waals surface area contributed by atoms with Crippen LogP contribution in [-0.4, -0.2) is 21.5 Å². The molecule has 160 valence electrons. The molecule has 0 saturated heterocycles. The summed E-state index contributed by atoms with van der Waals surface area (Å²) in [5.41, 5.74) is 3.43. The fraction of sp³-hybridized carbons (Fsp3) is 0.115. The second-order valence-corrected chi connectivity index (χ2v) is 7.40. The Hall–Kier alpha value is -4.19. The Bertz CT molecular complexity index is 1220. The molecule has 0 aliphatic rings. The number of benzene rings is 3. The highest BCUT2D eigenvalue weighted by molar-refractivity contribution is 6.06. The van der Waals surface area contributed by atoms with Gasteiger partial charge in [-0.3, -0.25) is 14.3 Å². The molecular weight excluding hydrogens is 402 g/mol. The zero-order chi connectivity index (χ0) is 22.3. The number of hydrogen-bond acceptors (Lipinski definition) is 4. The van der Waals surface area contributed by atoms with Gasteiger partial charge in [-0.25, -0.2) is 0 Å². The molecule has 0 aliphatic carbocycles. The van der Waals surface area contributed by atoms with E-state index in [1.807, 2.05) is 60.7 Å². The molecule has 1 N–H and O–H groups in total. The van der Waals surface area contributed by atoms with Crippen LogP contribution in [-0.2, 0) is 13.2 Å². The highest BCUT2D eigenvalue weighted by atomic mass is 16.5. The van der Waals surface area contributed by atoms with Crippen LogP contribution in [0, 0.1) is 0 Å². The average Bonchev–Trinajstić information content (AvgIpc) is 3.22. The minimum Gasteiger partial charge on any atom is -0.471 e. The molecule has 0 atom stereocenters. The van der Waals surface area contributed by atoms with Crippen molar-refractivity contribution in [1.29, 1.82) is 0 Å². The number of ether oxygens (including phenoxy) is 1. The fourth-order valence-corrected chi connectivity index (χ4v) is 3.26. The van der Waals surface area contributed by atoms with E-state index in [4.69, 9.17) is 4.74 Å². The van der Waals surface area contributed by atoms with Gasteiger partial charge in [0.25, 0.3) is 5.91 Å². The molecule has 6 nitrogen and oxygen atoms in total. The number of carbonyl (C=O) groups is 2. The van der Waals surface area contributed by atoms with Crippen LogP contribution < -0.4 is 10.1 Å². The number of hydrogen-bond donors (Lipinski definition) is 1. The summed E-state index contributed by atoms with van der Waals surface area (Å²) in [6, 6.07) is 26.4. The van der Waals surface area contributed by atoms with E-state index in [1.165, 1.54) is 6.92 Å². The van der Waals surface area contributed by atoms with Gasteiger partial charge in [0.15, 0.2) is 5.78 Å². The van der Waals surface area contributed by atoms with Gasteiger partial charge in [0.05, 0.1) is 6.54 Å². The largest absolute Gasteiger partial charge is 0.471 e. The molecule has 1 aromatic heterocycles. The Morgan fingerprint density at radius 1 is 0.906 bits per heavy atom. The number of carbonyl (C=O) groups excluding carboxylic acids is 2. The molecular formula is C26H23N3O3. The maximum Gasteiger partial charge on any atom is 0.262 e. The molecule has 0 aliphatic heterocycles. The Morgan fingerprint density at radius 3 is 2.28 bits per heavy atom. The van der Waals surface area contributed by atoms with Crippen molar-refractivity contribution in [1.82, 2.24) is 9.78 Å². The van der Waals surface area contributed by atoms with E-state index >= 15 is 0 Å². The first-order valence-electron chi connectivity index (χ1n) is 10.3. The van der Waals surface area contributed by atoms with Gasteiger partial charge in [0.1, 0.15) is 12.2 Å². The van der Waals surface area contributed by atoms with Crippen LogP contribution >= 0.6 is 0 Å². The third-order valence-electron chi connectivity index (χ3n) is 4.91. The second-order valence-electron chi connectivity index (χ2n) is 7.40. The van der Waals surface area contributed by atoms with Crippen molar-refractivity contribution in [2.24, 2.45) is 0 Å². The highest BCUT2D eigenvalue weighted by Gasteiger charge is 2.19. The number of amides is 1. The van der Waals surface area contributed by atoms with Gasteiger partial charge in [0.2, 0.25) is 5.88 Å². The summed E-state index contributed by atoms with van der Waals surface area (Å²) in [6.07, 6.45) is 1.68. The van der Waals surface area contributed by atoms with Gasteiger partial charge in [-0.2, -0.15) is 0 Å². The second kappa shape index (κ2) is 9.75. The number of aromatic nitrogens is 2. The zero-order valence-electron chi connectivity index (χ0n) is 17.7. The van der Waals surface area contributed by atoms with E-state index in [0.29, 0.717) is 30.0 Å². The van der Waals surface area contributed by atoms with Crippen molar-refractivity contribution in [3.63, 3.8) is 0 Å². The number of nitrogens with zero attached hydrogens (tertiary/aromatic N) is 2. The molecule has 1 heterocycles. The van der Waals surface area contributed by atoms with Crippen molar-refractivity contribution in [2.45, 2.75) is 20.1 Å². The van der Waals surface area contributed by atoms with E-state index in [0.717, 1.165) is 11.1 Å². The van der Waals surface area contributed by atoms with Gasteiger partial charge < -0.3 is 10.1 Å². The summed E-state index contributed by atoms with van der Waals surface area (Å²) in [5, 5.41) is 7.35. The van der Waals surface area contributed by atoms with Crippen LogP contribution in [0.25, 0.3) is 0 Å². The smallest absolute Gasteiger partial charge is 0.262 e. The predicted molar refractivity (Wildman–Crippen MR) is 123 cm³/mol. The van der Waals surface area contributed by atoms with Gasteiger partial charge >= 0.3 is 0 Å². The van der Waals surface area contributed by atoms with Crippen LogP contribution in [0.4, 0.5) is 5.69 Å². The molecule has 0 fully saturated rings. The number of nitrogens with one attached hydrogen (secondary N) is 1. The molecule has 1 amide bonds. The number of ketones is 1. The lowest BCUT2D eigenvalue weighted by atomic mass is 10.1. The molecule has 3 aromatic carbocycles. The lowest BCUT2D eigenvalue weighted by Gasteiger charge is -2.08. The van der Waals surface area contributed by atoms with Crippen LogP contribution in [0.5, 0.6) is 5.88 Å². The summed E-state index contributed by atoms with van der Waals surface area (Å²) >= 11 is 0. The van der Waals surface area contributed by atoms with Crippen LogP contribution in [0.3, 0.4) is 0 Å². The maximum absolute atomic E-state index is 13.1. The van der Waals surface area contributed by atoms with E-state index in [9.17, 15) is 9.59 Å². The first kappa shape index (κ1) is 21.1. The minimum absolute atomic E-state index is 0.0661. The lowest BCUT2D eigenvalue weighted by Crippen LogP contribution is -2.13. The molecule has 32 heavy (non-hydrogen) atoms. The molecule has 4 aromatic rings. The lowest BCUT2D eigenvalue weighted by molar-refractivity contribution is 0.100. The topological polar surface area (TPSA) is 73.2 Å². The molecule has 0 saturated carbocycles. The fourth-order valence-electron chi connectivity index (χ4n) is 3.26. The quantitative estimate of drug-likeness (QED) is 0.405. The van der Waals surface area contributed by atoms with E-state index in [1.54, 1.807) is 35.1 Å². The third kappa shape index (κ3) is 5.29. The Morgan fingerprint density at radius 2 is 1.59 bits per heavy atom. The Balaban J connectivity index is 1.58. The summed E-state index contributed by atoms with van der Waals surface area (Å²) in [7, 11) is 0. The number of anilines is 1. The van der Waals surface area contributed by atoms with Gasteiger partial charge in [0, 0.05) is 17.4 Å². The maximum atomic E-state index is 13.1.